The van der Waals surface area contributed by atoms with E-state index < -0.39 is 23.9 Å². The summed E-state index contributed by atoms with van der Waals surface area (Å²) in [5.41, 5.74) is 5.28. The van der Waals surface area contributed by atoms with Crippen molar-refractivity contribution in [2.24, 2.45) is 11.7 Å². The quantitative estimate of drug-likeness (QED) is 0.342. The first kappa shape index (κ1) is 14.9. The van der Waals surface area contributed by atoms with E-state index >= 15 is 0 Å². The Morgan fingerprint density at radius 3 is 2.38 bits per heavy atom. The zero-order valence-electron chi connectivity index (χ0n) is 8.88. The summed E-state index contributed by atoms with van der Waals surface area (Å²) < 4.78 is 4.41. The molecule has 0 bridgehead atoms. The summed E-state index contributed by atoms with van der Waals surface area (Å²) in [5.74, 6) is -2.92. The van der Waals surface area contributed by atoms with E-state index in [-0.39, 0.29) is 24.5 Å². The molecule has 0 fully saturated rings. The van der Waals surface area contributed by atoms with E-state index in [2.05, 4.69) is 17.4 Å². The molecule has 3 N–H and O–H groups in total. The third-order valence-corrected chi connectivity index (χ3v) is 2.15. The van der Waals surface area contributed by atoms with Crippen LogP contribution in [0.15, 0.2) is 0 Å². The standard InChI is InChI=1S/C9H15NO5S/c1-5(2-7(11)12)3-8(13)15-9(14)6(10)4-16/h5-6,16H,2-4,10H2,1H3,(H,11,12)/t5?,6-/m0/s1. The van der Waals surface area contributed by atoms with Crippen molar-refractivity contribution in [3.63, 3.8) is 0 Å². The van der Waals surface area contributed by atoms with Crippen molar-refractivity contribution < 1.29 is 24.2 Å². The highest BCUT2D eigenvalue weighted by Crippen LogP contribution is 2.08. The van der Waals surface area contributed by atoms with Crippen LogP contribution in [0.4, 0.5) is 0 Å². The van der Waals surface area contributed by atoms with Crippen LogP contribution in [0.3, 0.4) is 0 Å². The van der Waals surface area contributed by atoms with Crippen molar-refractivity contribution in [3.8, 4) is 0 Å². The lowest BCUT2D eigenvalue weighted by Gasteiger charge is -2.09. The van der Waals surface area contributed by atoms with Crippen LogP contribution in [0.25, 0.3) is 0 Å². The van der Waals surface area contributed by atoms with Crippen molar-refractivity contribution in [1.29, 1.82) is 0 Å². The van der Waals surface area contributed by atoms with Crippen molar-refractivity contribution in [2.45, 2.75) is 25.8 Å². The molecule has 92 valence electrons. The SMILES string of the molecule is CC(CC(=O)O)CC(=O)OC(=O)[C@@H](N)CS. The zero-order valence-corrected chi connectivity index (χ0v) is 9.78. The fourth-order valence-corrected chi connectivity index (χ4v) is 1.11. The van der Waals surface area contributed by atoms with E-state index in [9.17, 15) is 14.4 Å². The smallest absolute Gasteiger partial charge is 0.331 e. The minimum absolute atomic E-state index is 0.0802. The highest BCUT2D eigenvalue weighted by Gasteiger charge is 2.20. The Morgan fingerprint density at radius 2 is 1.94 bits per heavy atom. The lowest BCUT2D eigenvalue weighted by atomic mass is 10.0. The summed E-state index contributed by atoms with van der Waals surface area (Å²) in [5, 5.41) is 8.46. The minimum atomic E-state index is -1.00. The predicted molar refractivity (Wildman–Crippen MR) is 59.0 cm³/mol. The number of thiol groups is 1. The van der Waals surface area contributed by atoms with Gasteiger partial charge in [-0.05, 0) is 5.92 Å². The van der Waals surface area contributed by atoms with Gasteiger partial charge in [-0.2, -0.15) is 12.6 Å². The van der Waals surface area contributed by atoms with E-state index in [1.165, 1.54) is 0 Å². The molecule has 0 aromatic carbocycles. The van der Waals surface area contributed by atoms with E-state index in [1.807, 2.05) is 0 Å². The largest absolute Gasteiger partial charge is 0.481 e. The zero-order chi connectivity index (χ0) is 12.7. The molecule has 6 nitrogen and oxygen atoms in total. The average molecular weight is 249 g/mol. The van der Waals surface area contributed by atoms with Crippen molar-refractivity contribution in [3.05, 3.63) is 0 Å². The van der Waals surface area contributed by atoms with Gasteiger partial charge in [0.05, 0.1) is 0 Å². The molecule has 16 heavy (non-hydrogen) atoms. The Morgan fingerprint density at radius 1 is 1.38 bits per heavy atom. The number of nitrogens with two attached hydrogens (primary N) is 1. The molecule has 0 aliphatic rings. The van der Waals surface area contributed by atoms with Crippen LogP contribution in [-0.2, 0) is 19.1 Å². The first-order valence-electron chi connectivity index (χ1n) is 4.69. The minimum Gasteiger partial charge on any atom is -0.481 e. The number of carboxylic acids is 1. The van der Waals surface area contributed by atoms with Crippen LogP contribution in [0.1, 0.15) is 19.8 Å². The van der Waals surface area contributed by atoms with E-state index in [1.54, 1.807) is 6.92 Å². The molecule has 0 aliphatic carbocycles. The fourth-order valence-electron chi connectivity index (χ4n) is 0.959. The third kappa shape index (κ3) is 6.41. The number of esters is 2. The highest BCUT2D eigenvalue weighted by molar-refractivity contribution is 7.80. The molecule has 0 rings (SSSR count). The second-order valence-corrected chi connectivity index (χ2v) is 3.85. The van der Waals surface area contributed by atoms with Gasteiger partial charge in [0.1, 0.15) is 6.04 Å². The second kappa shape index (κ2) is 7.24. The monoisotopic (exact) mass is 249 g/mol. The molecular weight excluding hydrogens is 234 g/mol. The van der Waals surface area contributed by atoms with Gasteiger partial charge in [0.2, 0.25) is 0 Å². The summed E-state index contributed by atoms with van der Waals surface area (Å²) in [6.07, 6.45) is -0.279. The van der Waals surface area contributed by atoms with Crippen molar-refractivity contribution >= 4 is 30.5 Å². The van der Waals surface area contributed by atoms with Crippen LogP contribution in [0, 0.1) is 5.92 Å². The molecule has 0 saturated carbocycles. The molecule has 0 spiro atoms. The number of hydrogen-bond acceptors (Lipinski definition) is 6. The normalized spacial score (nSPS) is 13.9. The van der Waals surface area contributed by atoms with Crippen LogP contribution < -0.4 is 5.73 Å². The summed E-state index contributed by atoms with van der Waals surface area (Å²) in [7, 11) is 0. The van der Waals surface area contributed by atoms with E-state index in [0.717, 1.165) is 0 Å². The maximum absolute atomic E-state index is 11.1. The fraction of sp³-hybridized carbons (Fsp3) is 0.667. The van der Waals surface area contributed by atoms with Crippen LogP contribution in [-0.4, -0.2) is 34.8 Å². The number of rotatable bonds is 6. The lowest BCUT2D eigenvalue weighted by molar-refractivity contribution is -0.160. The number of carboxylic acid groups (broad SMARTS) is 1. The van der Waals surface area contributed by atoms with Gasteiger partial charge in [0.25, 0.3) is 0 Å². The molecule has 2 atom stereocenters. The van der Waals surface area contributed by atoms with Gasteiger partial charge in [0, 0.05) is 18.6 Å². The van der Waals surface area contributed by atoms with Crippen molar-refractivity contribution in [2.75, 3.05) is 5.75 Å². The maximum Gasteiger partial charge on any atom is 0.331 e. The maximum atomic E-state index is 11.1. The van der Waals surface area contributed by atoms with Gasteiger partial charge in [-0.1, -0.05) is 6.92 Å². The Kier molecular flexibility index (Phi) is 6.75. The highest BCUT2D eigenvalue weighted by atomic mass is 32.1. The Hall–Kier alpha value is -1.08. The molecule has 0 amide bonds. The number of ether oxygens (including phenoxy) is 1. The molecule has 7 heteroatoms. The molecule has 0 aromatic heterocycles. The van der Waals surface area contributed by atoms with Gasteiger partial charge in [-0.15, -0.1) is 0 Å². The molecule has 0 heterocycles. The number of carbonyl (C=O) groups is 3. The molecule has 0 radical (unpaired) electrons. The summed E-state index contributed by atoms with van der Waals surface area (Å²) in [6, 6.07) is -0.943. The van der Waals surface area contributed by atoms with Crippen LogP contribution in [0.5, 0.6) is 0 Å². The first-order valence-corrected chi connectivity index (χ1v) is 5.32. The third-order valence-electron chi connectivity index (χ3n) is 1.75. The van der Waals surface area contributed by atoms with Gasteiger partial charge < -0.3 is 15.6 Å². The summed E-state index contributed by atoms with van der Waals surface area (Å²) >= 11 is 3.78. The summed E-state index contributed by atoms with van der Waals surface area (Å²) in [4.78, 5) is 32.5. The second-order valence-electron chi connectivity index (χ2n) is 3.49. The Balaban J connectivity index is 3.99. The van der Waals surface area contributed by atoms with Crippen molar-refractivity contribution in [1.82, 2.24) is 0 Å². The van der Waals surface area contributed by atoms with Crippen LogP contribution in [0.2, 0.25) is 0 Å². The summed E-state index contributed by atoms with van der Waals surface area (Å²) in [6.45, 7) is 1.58. The molecule has 0 saturated heterocycles. The van der Waals surface area contributed by atoms with E-state index in [4.69, 9.17) is 10.8 Å². The molecule has 0 aromatic rings. The molecule has 0 aliphatic heterocycles. The van der Waals surface area contributed by atoms with E-state index in [0.29, 0.717) is 0 Å². The first-order chi connectivity index (χ1) is 7.36. The number of aliphatic carboxylic acids is 1. The van der Waals surface area contributed by atoms with Gasteiger partial charge in [-0.3, -0.25) is 9.59 Å². The van der Waals surface area contributed by atoms with Gasteiger partial charge in [-0.25, -0.2) is 4.79 Å². The van der Waals surface area contributed by atoms with Gasteiger partial charge in [0.15, 0.2) is 0 Å². The number of carbonyl (C=O) groups excluding carboxylic acids is 2. The lowest BCUT2D eigenvalue weighted by Crippen LogP contribution is -2.35. The molecule has 1 unspecified atom stereocenters. The predicted octanol–water partition coefficient (Wildman–Crippen LogP) is -0.186. The average Bonchev–Trinajstić information content (AvgIpc) is 2.14. The Bertz CT molecular complexity index is 281. The number of hydrogen-bond donors (Lipinski definition) is 3. The Labute approximate surface area is 98.5 Å². The van der Waals surface area contributed by atoms with Crippen LogP contribution >= 0.6 is 12.6 Å². The molecular formula is C9H15NO5S. The topological polar surface area (TPSA) is 107 Å². The van der Waals surface area contributed by atoms with Gasteiger partial charge >= 0.3 is 17.9 Å².